The number of carbonyl (C=O) groups is 1. The number of methoxy groups -OCH3 is 1. The Morgan fingerprint density at radius 1 is 1.60 bits per heavy atom. The van der Waals surface area contributed by atoms with Crippen molar-refractivity contribution in [3.8, 4) is 0 Å². The number of amides is 1. The topological polar surface area (TPSA) is 119 Å². The summed E-state index contributed by atoms with van der Waals surface area (Å²) >= 11 is 0. The molecule has 0 aromatic heterocycles. The SMILES string of the molecule is COCCCS(=O)(=O)NCC(O)C(N)=O. The number of rotatable bonds is 8. The molecule has 0 saturated carbocycles. The van der Waals surface area contributed by atoms with E-state index in [1.165, 1.54) is 7.11 Å². The van der Waals surface area contributed by atoms with Gasteiger partial charge in [-0.05, 0) is 6.42 Å². The molecule has 0 saturated heterocycles. The Morgan fingerprint density at radius 3 is 2.67 bits per heavy atom. The van der Waals surface area contributed by atoms with Gasteiger partial charge in [-0.3, -0.25) is 4.79 Å². The Labute approximate surface area is 88.6 Å². The van der Waals surface area contributed by atoms with Crippen LogP contribution in [-0.2, 0) is 19.6 Å². The average Bonchev–Trinajstić information content (AvgIpc) is 2.14. The van der Waals surface area contributed by atoms with E-state index >= 15 is 0 Å². The molecule has 4 N–H and O–H groups in total. The van der Waals surface area contributed by atoms with Crippen molar-refractivity contribution < 1.29 is 23.1 Å². The van der Waals surface area contributed by atoms with E-state index < -0.39 is 28.6 Å². The van der Waals surface area contributed by atoms with Gasteiger partial charge in [0.15, 0.2) is 0 Å². The van der Waals surface area contributed by atoms with Gasteiger partial charge in [0, 0.05) is 20.3 Å². The molecular weight excluding hydrogens is 224 g/mol. The maximum Gasteiger partial charge on any atom is 0.247 e. The molecule has 0 aliphatic rings. The molecule has 0 aliphatic heterocycles. The van der Waals surface area contributed by atoms with Crippen LogP contribution in [0.15, 0.2) is 0 Å². The highest BCUT2D eigenvalue weighted by molar-refractivity contribution is 7.89. The Morgan fingerprint density at radius 2 is 2.20 bits per heavy atom. The molecule has 0 spiro atoms. The minimum atomic E-state index is -3.48. The molecule has 0 rings (SSSR count). The maximum atomic E-state index is 11.2. The lowest BCUT2D eigenvalue weighted by atomic mass is 10.3. The second kappa shape index (κ2) is 6.72. The first-order valence-electron chi connectivity index (χ1n) is 4.32. The van der Waals surface area contributed by atoms with Crippen molar-refractivity contribution in [2.24, 2.45) is 5.73 Å². The number of primary amides is 1. The van der Waals surface area contributed by atoms with Gasteiger partial charge in [0.1, 0.15) is 6.10 Å². The van der Waals surface area contributed by atoms with Crippen LogP contribution in [-0.4, -0.2) is 51.5 Å². The third kappa shape index (κ3) is 7.25. The predicted molar refractivity (Wildman–Crippen MR) is 53.5 cm³/mol. The fraction of sp³-hybridized carbons (Fsp3) is 0.857. The van der Waals surface area contributed by atoms with Crippen molar-refractivity contribution in [2.45, 2.75) is 12.5 Å². The van der Waals surface area contributed by atoms with Gasteiger partial charge in [0.25, 0.3) is 0 Å². The molecule has 1 unspecified atom stereocenters. The summed E-state index contributed by atoms with van der Waals surface area (Å²) in [5, 5.41) is 8.94. The second-order valence-corrected chi connectivity index (χ2v) is 4.86. The zero-order valence-corrected chi connectivity index (χ0v) is 9.29. The minimum absolute atomic E-state index is 0.119. The van der Waals surface area contributed by atoms with Crippen LogP contribution in [0, 0.1) is 0 Å². The molecule has 0 aromatic rings. The van der Waals surface area contributed by atoms with Gasteiger partial charge >= 0.3 is 0 Å². The van der Waals surface area contributed by atoms with E-state index in [0.29, 0.717) is 13.0 Å². The lowest BCUT2D eigenvalue weighted by Gasteiger charge is -2.08. The van der Waals surface area contributed by atoms with E-state index in [1.54, 1.807) is 0 Å². The number of aliphatic hydroxyl groups excluding tert-OH is 1. The Bertz CT molecular complexity index is 290. The maximum absolute atomic E-state index is 11.2. The first-order valence-corrected chi connectivity index (χ1v) is 5.98. The Kier molecular flexibility index (Phi) is 6.41. The largest absolute Gasteiger partial charge is 0.385 e. The number of carbonyl (C=O) groups excluding carboxylic acids is 1. The summed E-state index contributed by atoms with van der Waals surface area (Å²) in [5.41, 5.74) is 4.74. The summed E-state index contributed by atoms with van der Waals surface area (Å²) in [4.78, 5) is 10.4. The Hall–Kier alpha value is -0.700. The van der Waals surface area contributed by atoms with Crippen LogP contribution < -0.4 is 10.5 Å². The molecule has 15 heavy (non-hydrogen) atoms. The fourth-order valence-corrected chi connectivity index (χ4v) is 1.83. The number of hydrogen-bond donors (Lipinski definition) is 3. The standard InChI is InChI=1S/C7H16N2O5S/c1-14-3-2-4-15(12,13)9-5-6(10)7(8)11/h6,9-10H,2-5H2,1H3,(H2,8,11). The van der Waals surface area contributed by atoms with E-state index in [1.807, 2.05) is 0 Å². The molecule has 0 aromatic carbocycles. The monoisotopic (exact) mass is 240 g/mol. The van der Waals surface area contributed by atoms with Gasteiger partial charge in [-0.2, -0.15) is 0 Å². The molecule has 0 fully saturated rings. The molecule has 90 valence electrons. The number of aliphatic hydroxyl groups is 1. The number of sulfonamides is 1. The van der Waals surface area contributed by atoms with Crippen molar-refractivity contribution in [1.29, 1.82) is 0 Å². The first kappa shape index (κ1) is 14.3. The smallest absolute Gasteiger partial charge is 0.247 e. The molecule has 1 amide bonds. The van der Waals surface area contributed by atoms with Gasteiger partial charge in [0.2, 0.25) is 15.9 Å². The summed E-state index contributed by atoms with van der Waals surface area (Å²) in [7, 11) is -2.01. The van der Waals surface area contributed by atoms with E-state index in [2.05, 4.69) is 9.46 Å². The fourth-order valence-electron chi connectivity index (χ4n) is 0.772. The normalized spacial score (nSPS) is 13.7. The third-order valence-corrected chi connectivity index (χ3v) is 3.02. The number of ether oxygens (including phenoxy) is 1. The van der Waals surface area contributed by atoms with Crippen LogP contribution in [0.3, 0.4) is 0 Å². The highest BCUT2D eigenvalue weighted by Gasteiger charge is 2.15. The third-order valence-electron chi connectivity index (χ3n) is 1.59. The summed E-state index contributed by atoms with van der Waals surface area (Å²) in [5.74, 6) is -1.08. The average molecular weight is 240 g/mol. The highest BCUT2D eigenvalue weighted by Crippen LogP contribution is 1.91. The molecule has 0 radical (unpaired) electrons. The first-order chi connectivity index (χ1) is 6.89. The van der Waals surface area contributed by atoms with Crippen LogP contribution in [0.2, 0.25) is 0 Å². The summed E-state index contributed by atoms with van der Waals surface area (Å²) in [6.45, 7) is -0.0655. The van der Waals surface area contributed by atoms with Crippen molar-refractivity contribution in [3.63, 3.8) is 0 Å². The van der Waals surface area contributed by atoms with E-state index in [-0.39, 0.29) is 5.75 Å². The van der Waals surface area contributed by atoms with Crippen LogP contribution in [0.1, 0.15) is 6.42 Å². The molecule has 1 atom stereocenters. The predicted octanol–water partition coefficient (Wildman–Crippen LogP) is -2.21. The molecule has 8 heteroatoms. The molecule has 7 nitrogen and oxygen atoms in total. The van der Waals surface area contributed by atoms with Gasteiger partial charge in [-0.25, -0.2) is 13.1 Å². The quantitative estimate of drug-likeness (QED) is 0.416. The summed E-state index contributed by atoms with van der Waals surface area (Å²) in [6.07, 6.45) is -1.15. The summed E-state index contributed by atoms with van der Waals surface area (Å²) in [6, 6.07) is 0. The van der Waals surface area contributed by atoms with Crippen molar-refractivity contribution in [1.82, 2.24) is 4.72 Å². The highest BCUT2D eigenvalue weighted by atomic mass is 32.2. The van der Waals surface area contributed by atoms with Crippen LogP contribution >= 0.6 is 0 Å². The van der Waals surface area contributed by atoms with Crippen molar-refractivity contribution in [3.05, 3.63) is 0 Å². The van der Waals surface area contributed by atoms with Crippen LogP contribution in [0.5, 0.6) is 0 Å². The zero-order chi connectivity index (χ0) is 11.9. The second-order valence-electron chi connectivity index (χ2n) is 2.93. The van der Waals surface area contributed by atoms with Crippen molar-refractivity contribution >= 4 is 15.9 Å². The molecule has 0 bridgehead atoms. The molecular formula is C7H16N2O5S. The van der Waals surface area contributed by atoms with E-state index in [0.717, 1.165) is 0 Å². The van der Waals surface area contributed by atoms with Gasteiger partial charge in [-0.15, -0.1) is 0 Å². The minimum Gasteiger partial charge on any atom is -0.385 e. The van der Waals surface area contributed by atoms with E-state index in [9.17, 15) is 13.2 Å². The Balaban J connectivity index is 3.89. The lowest BCUT2D eigenvalue weighted by molar-refractivity contribution is -0.125. The van der Waals surface area contributed by atoms with Gasteiger partial charge in [0.05, 0.1) is 5.75 Å². The molecule has 0 heterocycles. The van der Waals surface area contributed by atoms with Crippen LogP contribution in [0.25, 0.3) is 0 Å². The number of hydrogen-bond acceptors (Lipinski definition) is 5. The lowest BCUT2D eigenvalue weighted by Crippen LogP contribution is -2.40. The van der Waals surface area contributed by atoms with Gasteiger partial charge < -0.3 is 15.6 Å². The zero-order valence-electron chi connectivity index (χ0n) is 8.47. The van der Waals surface area contributed by atoms with Crippen LogP contribution in [0.4, 0.5) is 0 Å². The summed E-state index contributed by atoms with van der Waals surface area (Å²) < 4.78 is 29.2. The number of nitrogens with one attached hydrogen (secondary N) is 1. The van der Waals surface area contributed by atoms with Crippen molar-refractivity contribution in [2.75, 3.05) is 26.0 Å². The number of nitrogens with two attached hydrogens (primary N) is 1. The molecule has 0 aliphatic carbocycles. The van der Waals surface area contributed by atoms with E-state index in [4.69, 9.17) is 10.8 Å². The van der Waals surface area contributed by atoms with Gasteiger partial charge in [-0.1, -0.05) is 0 Å².